The molecule has 4 heterocycles. The van der Waals surface area contributed by atoms with E-state index in [1.165, 1.54) is 0 Å². The smallest absolute Gasteiger partial charge is 0.261 e. The van der Waals surface area contributed by atoms with Crippen LogP contribution in [-0.4, -0.2) is 82.0 Å². The highest BCUT2D eigenvalue weighted by Gasteiger charge is 2.47. The molecule has 9 heteroatoms. The van der Waals surface area contributed by atoms with Gasteiger partial charge in [-0.2, -0.15) is 0 Å². The van der Waals surface area contributed by atoms with Gasteiger partial charge in [0.2, 0.25) is 0 Å². The van der Waals surface area contributed by atoms with Crippen LogP contribution in [-0.2, 0) is 12.1 Å². The highest BCUT2D eigenvalue weighted by molar-refractivity contribution is 5.82. The number of fused-ring (bicyclic) bond motifs is 1. The zero-order valence-corrected chi connectivity index (χ0v) is 26.1. The number of benzene rings is 2. The fraction of sp³-hybridized carbons (Fsp3) is 0.588. The number of nitrogens with zero attached hydrogens (tertiary/aromatic N) is 5. The maximum Gasteiger partial charge on any atom is 0.261 e. The van der Waals surface area contributed by atoms with E-state index >= 15 is 0 Å². The number of aromatic hydroxyl groups is 1. The lowest BCUT2D eigenvalue weighted by atomic mass is 9.77. The minimum Gasteiger partial charge on any atom is -0.508 e. The van der Waals surface area contributed by atoms with Crippen LogP contribution in [0.5, 0.6) is 5.75 Å². The second-order valence-corrected chi connectivity index (χ2v) is 13.0. The van der Waals surface area contributed by atoms with Gasteiger partial charge in [0.25, 0.3) is 5.56 Å². The normalized spacial score (nSPS) is 24.3. The lowest BCUT2D eigenvalue weighted by molar-refractivity contribution is -0.0472. The standard InChI is InChI=1S/C34H47FN6O2/c1-5-8-31(39-19-23(3)36-24(4)20-39)32-37-30-12-11-27(18-29(30)33(43)41(32)6-2)38-15-13-34(14-16-38,40-21-26(35)22-40)25-9-7-10-28(42)17-25/h7,9-12,17-18,23-24,26,31,36,42H,5-6,8,13-16,19-22H2,1-4H3/t23-,24+,31-/m1/s1. The molecular weight excluding hydrogens is 543 g/mol. The lowest BCUT2D eigenvalue weighted by Crippen LogP contribution is -2.62. The Morgan fingerprint density at radius 2 is 1.77 bits per heavy atom. The average molecular weight is 591 g/mol. The van der Waals surface area contributed by atoms with Crippen LogP contribution in [0.3, 0.4) is 0 Å². The summed E-state index contributed by atoms with van der Waals surface area (Å²) in [6.07, 6.45) is 2.83. The van der Waals surface area contributed by atoms with Gasteiger partial charge >= 0.3 is 0 Å². The van der Waals surface area contributed by atoms with Gasteiger partial charge in [0.1, 0.15) is 17.7 Å². The number of likely N-dealkylation sites (tertiary alicyclic amines) is 1. The zero-order valence-electron chi connectivity index (χ0n) is 26.1. The number of rotatable bonds is 8. The van der Waals surface area contributed by atoms with Crippen LogP contribution in [0.2, 0.25) is 0 Å². The Kier molecular flexibility index (Phi) is 8.50. The van der Waals surface area contributed by atoms with Crippen molar-refractivity contribution in [3.8, 4) is 5.75 Å². The van der Waals surface area contributed by atoms with Crippen LogP contribution < -0.4 is 15.8 Å². The molecule has 3 aliphatic heterocycles. The molecule has 6 rings (SSSR count). The summed E-state index contributed by atoms with van der Waals surface area (Å²) in [5, 5.41) is 14.5. The van der Waals surface area contributed by atoms with E-state index in [0.717, 1.165) is 74.5 Å². The molecule has 232 valence electrons. The van der Waals surface area contributed by atoms with E-state index in [2.05, 4.69) is 52.9 Å². The van der Waals surface area contributed by atoms with Crippen molar-refractivity contribution < 1.29 is 9.50 Å². The number of aromatic nitrogens is 2. The molecule has 3 fully saturated rings. The minimum atomic E-state index is -0.791. The predicted octanol–water partition coefficient (Wildman–Crippen LogP) is 4.79. The molecule has 3 saturated heterocycles. The van der Waals surface area contributed by atoms with Gasteiger partial charge in [-0.3, -0.25) is 19.2 Å². The first-order chi connectivity index (χ1) is 20.7. The van der Waals surface area contributed by atoms with Crippen molar-refractivity contribution in [3.05, 3.63) is 64.2 Å². The summed E-state index contributed by atoms with van der Waals surface area (Å²) in [4.78, 5) is 26.3. The van der Waals surface area contributed by atoms with E-state index in [1.807, 2.05) is 35.8 Å². The van der Waals surface area contributed by atoms with E-state index in [9.17, 15) is 14.3 Å². The monoisotopic (exact) mass is 590 g/mol. The van der Waals surface area contributed by atoms with Gasteiger partial charge in [0.05, 0.1) is 16.9 Å². The summed E-state index contributed by atoms with van der Waals surface area (Å²) in [5.41, 5.74) is 2.56. The number of anilines is 1. The quantitative estimate of drug-likeness (QED) is 0.391. The van der Waals surface area contributed by atoms with Crippen molar-refractivity contribution in [1.29, 1.82) is 0 Å². The fourth-order valence-electron chi connectivity index (χ4n) is 7.85. The Hall–Kier alpha value is -3.01. The van der Waals surface area contributed by atoms with Gasteiger partial charge in [-0.25, -0.2) is 9.37 Å². The second-order valence-electron chi connectivity index (χ2n) is 13.0. The number of nitrogens with one attached hydrogen (secondary N) is 1. The molecule has 0 bridgehead atoms. The molecule has 0 spiro atoms. The first-order valence-corrected chi connectivity index (χ1v) is 16.2. The third-order valence-electron chi connectivity index (χ3n) is 9.95. The number of piperidine rings is 1. The Labute approximate surface area is 254 Å². The van der Waals surface area contributed by atoms with E-state index in [-0.39, 0.29) is 22.9 Å². The van der Waals surface area contributed by atoms with Crippen molar-refractivity contribution in [2.45, 2.75) is 89.8 Å². The third-order valence-corrected chi connectivity index (χ3v) is 9.95. The molecule has 3 aromatic rings. The van der Waals surface area contributed by atoms with Gasteiger partial charge in [-0.15, -0.1) is 0 Å². The number of hydrogen-bond acceptors (Lipinski definition) is 7. The summed E-state index contributed by atoms with van der Waals surface area (Å²) in [7, 11) is 0. The maximum absolute atomic E-state index is 14.0. The summed E-state index contributed by atoms with van der Waals surface area (Å²) in [6, 6.07) is 14.5. The summed E-state index contributed by atoms with van der Waals surface area (Å²) in [6.45, 7) is 13.6. The number of halogens is 1. The average Bonchev–Trinajstić information content (AvgIpc) is 2.98. The molecule has 43 heavy (non-hydrogen) atoms. The SMILES string of the molecule is CCC[C@H](c1nc2ccc(N3CCC(c4cccc(O)c4)(N4CC(F)C4)CC3)cc2c(=O)n1CC)N1C[C@@H](C)N[C@@H](C)C1. The molecule has 0 amide bonds. The number of piperazine rings is 1. The van der Waals surface area contributed by atoms with Crippen molar-refractivity contribution in [2.24, 2.45) is 0 Å². The van der Waals surface area contributed by atoms with E-state index in [4.69, 9.17) is 4.98 Å². The maximum atomic E-state index is 14.0. The topological polar surface area (TPSA) is 76.9 Å². The molecule has 3 atom stereocenters. The van der Waals surface area contributed by atoms with Gasteiger partial charge in [0, 0.05) is 69.1 Å². The van der Waals surface area contributed by atoms with E-state index < -0.39 is 6.17 Å². The Morgan fingerprint density at radius 1 is 1.05 bits per heavy atom. The zero-order chi connectivity index (χ0) is 30.3. The van der Waals surface area contributed by atoms with Gasteiger partial charge in [-0.1, -0.05) is 25.5 Å². The number of phenols is 1. The molecule has 0 aliphatic carbocycles. The highest BCUT2D eigenvalue weighted by atomic mass is 19.1. The van der Waals surface area contributed by atoms with E-state index in [0.29, 0.717) is 37.1 Å². The van der Waals surface area contributed by atoms with Crippen LogP contribution in [0.1, 0.15) is 70.8 Å². The first kappa shape index (κ1) is 30.0. The van der Waals surface area contributed by atoms with Gasteiger partial charge in [0.15, 0.2) is 0 Å². The van der Waals surface area contributed by atoms with Crippen LogP contribution in [0, 0.1) is 0 Å². The van der Waals surface area contributed by atoms with Crippen LogP contribution in [0.15, 0.2) is 47.3 Å². The molecule has 2 N–H and O–H groups in total. The Balaban J connectivity index is 1.29. The molecule has 0 saturated carbocycles. The Morgan fingerprint density at radius 3 is 2.40 bits per heavy atom. The summed E-state index contributed by atoms with van der Waals surface area (Å²) < 4.78 is 15.9. The van der Waals surface area contributed by atoms with Crippen molar-refractivity contribution in [1.82, 2.24) is 24.7 Å². The van der Waals surface area contributed by atoms with Crippen molar-refractivity contribution >= 4 is 16.6 Å². The molecule has 3 aliphatic rings. The van der Waals surface area contributed by atoms with Crippen molar-refractivity contribution in [3.63, 3.8) is 0 Å². The summed E-state index contributed by atoms with van der Waals surface area (Å²) in [5.74, 6) is 1.12. The highest BCUT2D eigenvalue weighted by Crippen LogP contribution is 2.43. The molecule has 1 aromatic heterocycles. The third kappa shape index (κ3) is 5.67. The van der Waals surface area contributed by atoms with Crippen LogP contribution in [0.25, 0.3) is 10.9 Å². The molecular formula is C34H47FN6O2. The number of hydrogen-bond donors (Lipinski definition) is 2. The van der Waals surface area contributed by atoms with Gasteiger partial charge < -0.3 is 15.3 Å². The minimum absolute atomic E-state index is 0.0300. The predicted molar refractivity (Wildman–Crippen MR) is 171 cm³/mol. The fourth-order valence-corrected chi connectivity index (χ4v) is 7.85. The summed E-state index contributed by atoms with van der Waals surface area (Å²) >= 11 is 0. The van der Waals surface area contributed by atoms with Crippen molar-refractivity contribution in [2.75, 3.05) is 44.2 Å². The number of phenolic OH excluding ortho intramolecular Hbond substituents is 1. The van der Waals surface area contributed by atoms with Gasteiger partial charge in [-0.05, 0) is 75.9 Å². The largest absolute Gasteiger partial charge is 0.508 e. The Bertz CT molecular complexity index is 1490. The second kappa shape index (κ2) is 12.2. The van der Waals surface area contributed by atoms with E-state index in [1.54, 1.807) is 6.07 Å². The molecule has 2 aromatic carbocycles. The molecule has 0 radical (unpaired) electrons. The molecule has 0 unspecified atom stereocenters. The lowest BCUT2D eigenvalue weighted by Gasteiger charge is -2.54. The molecule has 8 nitrogen and oxygen atoms in total. The number of alkyl halides is 1. The van der Waals surface area contributed by atoms with Crippen LogP contribution >= 0.6 is 0 Å². The first-order valence-electron chi connectivity index (χ1n) is 16.2. The van der Waals surface area contributed by atoms with Crippen LogP contribution in [0.4, 0.5) is 10.1 Å².